The predicted molar refractivity (Wildman–Crippen MR) is 39.6 cm³/mol. The lowest BCUT2D eigenvalue weighted by atomic mass is 10.3. The zero-order valence-electron chi connectivity index (χ0n) is 5.73. The topological polar surface area (TPSA) is 97.5 Å². The molecule has 0 saturated heterocycles. The highest BCUT2D eigenvalue weighted by molar-refractivity contribution is 7.87. The molecule has 0 bridgehead atoms. The Labute approximate surface area is 64.6 Å². The molecule has 0 aliphatic heterocycles. The summed E-state index contributed by atoms with van der Waals surface area (Å²) in [5.41, 5.74) is 4.93. The Balaban J connectivity index is 4.70. The monoisotopic (exact) mass is 179 g/mol. The van der Waals surface area contributed by atoms with Crippen LogP contribution in [0.4, 0.5) is 0 Å². The molecule has 0 aliphatic carbocycles. The standard InChI is InChI=1S/C5H9NO4S/c1-2-4(7)5(3-6)11(8,9)10/h2,5H,1,3,6H2,(H,8,9,10). The average Bonchev–Trinajstić information content (AvgIpc) is 1.86. The lowest BCUT2D eigenvalue weighted by Crippen LogP contribution is -2.35. The molecule has 0 aliphatic rings. The number of carbonyl (C=O) groups is 1. The molecule has 1 atom stereocenters. The fourth-order valence-electron chi connectivity index (χ4n) is 0.516. The zero-order chi connectivity index (χ0) is 9.07. The average molecular weight is 179 g/mol. The van der Waals surface area contributed by atoms with Crippen molar-refractivity contribution in [2.45, 2.75) is 5.25 Å². The Bertz CT molecular complexity index is 256. The smallest absolute Gasteiger partial charge is 0.276 e. The maximum absolute atomic E-state index is 10.7. The number of hydrogen-bond donors (Lipinski definition) is 2. The summed E-state index contributed by atoms with van der Waals surface area (Å²) in [6, 6.07) is 0. The van der Waals surface area contributed by atoms with Crippen molar-refractivity contribution < 1.29 is 17.8 Å². The predicted octanol–water partition coefficient (Wildman–Crippen LogP) is -1.04. The molecule has 0 aromatic heterocycles. The minimum atomic E-state index is -4.37. The van der Waals surface area contributed by atoms with Crippen molar-refractivity contribution in [1.82, 2.24) is 0 Å². The molecular formula is C5H9NO4S. The third kappa shape index (κ3) is 2.79. The van der Waals surface area contributed by atoms with E-state index in [0.717, 1.165) is 6.08 Å². The van der Waals surface area contributed by atoms with Gasteiger partial charge in [-0.25, -0.2) is 0 Å². The van der Waals surface area contributed by atoms with Crippen LogP contribution >= 0.6 is 0 Å². The molecule has 0 amide bonds. The van der Waals surface area contributed by atoms with Crippen LogP contribution in [0.2, 0.25) is 0 Å². The SMILES string of the molecule is C=CC(=O)C(CN)S(=O)(=O)O. The molecule has 0 fully saturated rings. The van der Waals surface area contributed by atoms with Crippen molar-refractivity contribution in [3.8, 4) is 0 Å². The minimum Gasteiger partial charge on any atom is -0.329 e. The molecule has 6 heteroatoms. The fraction of sp³-hybridized carbons (Fsp3) is 0.400. The second-order valence-corrected chi connectivity index (χ2v) is 3.44. The van der Waals surface area contributed by atoms with Gasteiger partial charge >= 0.3 is 0 Å². The third-order valence-corrected chi connectivity index (χ3v) is 2.24. The van der Waals surface area contributed by atoms with E-state index in [0.29, 0.717) is 0 Å². The molecule has 0 aromatic carbocycles. The Kier molecular flexibility index (Phi) is 3.37. The van der Waals surface area contributed by atoms with E-state index in [1.807, 2.05) is 0 Å². The fourth-order valence-corrected chi connectivity index (χ4v) is 1.15. The van der Waals surface area contributed by atoms with Gasteiger partial charge in [-0.2, -0.15) is 8.42 Å². The first-order valence-electron chi connectivity index (χ1n) is 2.76. The van der Waals surface area contributed by atoms with Crippen LogP contribution in [0.5, 0.6) is 0 Å². The lowest BCUT2D eigenvalue weighted by Gasteiger charge is -2.05. The summed E-state index contributed by atoms with van der Waals surface area (Å²) in [4.78, 5) is 10.7. The van der Waals surface area contributed by atoms with Crippen LogP contribution in [0, 0.1) is 0 Å². The lowest BCUT2D eigenvalue weighted by molar-refractivity contribution is -0.114. The van der Waals surface area contributed by atoms with Gasteiger partial charge in [0.15, 0.2) is 11.0 Å². The van der Waals surface area contributed by atoms with Gasteiger partial charge in [0, 0.05) is 6.54 Å². The minimum absolute atomic E-state index is 0.441. The highest BCUT2D eigenvalue weighted by atomic mass is 32.2. The largest absolute Gasteiger partial charge is 0.329 e. The molecule has 0 spiro atoms. The highest BCUT2D eigenvalue weighted by Crippen LogP contribution is 1.98. The van der Waals surface area contributed by atoms with E-state index in [2.05, 4.69) is 6.58 Å². The van der Waals surface area contributed by atoms with E-state index in [1.54, 1.807) is 0 Å². The summed E-state index contributed by atoms with van der Waals surface area (Å²) in [5, 5.41) is -1.57. The van der Waals surface area contributed by atoms with Gasteiger partial charge in [-0.1, -0.05) is 6.58 Å². The van der Waals surface area contributed by atoms with E-state index < -0.39 is 27.7 Å². The molecular weight excluding hydrogens is 170 g/mol. The first-order chi connectivity index (χ1) is 4.93. The summed E-state index contributed by atoms with van der Waals surface area (Å²) in [7, 11) is -4.37. The molecule has 0 rings (SSSR count). The maximum Gasteiger partial charge on any atom is 0.276 e. The van der Waals surface area contributed by atoms with E-state index >= 15 is 0 Å². The molecule has 0 heterocycles. The van der Waals surface area contributed by atoms with Crippen LogP contribution in [0.15, 0.2) is 12.7 Å². The van der Waals surface area contributed by atoms with Gasteiger partial charge < -0.3 is 5.73 Å². The Morgan fingerprint density at radius 2 is 2.18 bits per heavy atom. The Morgan fingerprint density at radius 1 is 1.73 bits per heavy atom. The summed E-state index contributed by atoms with van der Waals surface area (Å²) >= 11 is 0. The van der Waals surface area contributed by atoms with Gasteiger partial charge in [-0.15, -0.1) is 0 Å². The summed E-state index contributed by atoms with van der Waals surface area (Å²) in [5.74, 6) is -0.796. The number of ketones is 1. The van der Waals surface area contributed by atoms with Crippen molar-refractivity contribution in [3.63, 3.8) is 0 Å². The van der Waals surface area contributed by atoms with Crippen molar-refractivity contribution in [3.05, 3.63) is 12.7 Å². The van der Waals surface area contributed by atoms with Gasteiger partial charge in [0.2, 0.25) is 0 Å². The normalized spacial score (nSPS) is 14.0. The van der Waals surface area contributed by atoms with Crippen molar-refractivity contribution in [2.75, 3.05) is 6.54 Å². The summed E-state index contributed by atoms with van der Waals surface area (Å²) in [6.45, 7) is 2.62. The van der Waals surface area contributed by atoms with E-state index in [9.17, 15) is 13.2 Å². The molecule has 5 nitrogen and oxygen atoms in total. The van der Waals surface area contributed by atoms with Crippen LogP contribution in [0.25, 0.3) is 0 Å². The molecule has 11 heavy (non-hydrogen) atoms. The zero-order valence-corrected chi connectivity index (χ0v) is 6.54. The Hall–Kier alpha value is -0.720. The third-order valence-electron chi connectivity index (χ3n) is 1.09. The molecule has 0 radical (unpaired) electrons. The van der Waals surface area contributed by atoms with Crippen LogP contribution in [0.3, 0.4) is 0 Å². The highest BCUT2D eigenvalue weighted by Gasteiger charge is 2.26. The molecule has 0 saturated carbocycles. The molecule has 0 aromatic rings. The number of nitrogens with two attached hydrogens (primary N) is 1. The number of hydrogen-bond acceptors (Lipinski definition) is 4. The number of carbonyl (C=O) groups excluding carboxylic acids is 1. The van der Waals surface area contributed by atoms with Crippen molar-refractivity contribution >= 4 is 15.9 Å². The summed E-state index contributed by atoms with van der Waals surface area (Å²) < 4.78 is 29.1. The first kappa shape index (κ1) is 10.3. The van der Waals surface area contributed by atoms with Gasteiger partial charge in [-0.3, -0.25) is 9.35 Å². The van der Waals surface area contributed by atoms with E-state index in [1.165, 1.54) is 0 Å². The second kappa shape index (κ2) is 3.61. The molecule has 64 valence electrons. The summed E-state index contributed by atoms with van der Waals surface area (Å²) in [6.07, 6.45) is 0.811. The Morgan fingerprint density at radius 3 is 2.27 bits per heavy atom. The van der Waals surface area contributed by atoms with Gasteiger partial charge in [0.05, 0.1) is 0 Å². The number of allylic oxidation sites excluding steroid dienone is 1. The second-order valence-electron chi connectivity index (χ2n) is 1.85. The van der Waals surface area contributed by atoms with Crippen LogP contribution in [-0.4, -0.2) is 30.5 Å². The molecule has 3 N–H and O–H groups in total. The van der Waals surface area contributed by atoms with Crippen molar-refractivity contribution in [2.24, 2.45) is 5.73 Å². The van der Waals surface area contributed by atoms with Gasteiger partial charge in [0.1, 0.15) is 0 Å². The van der Waals surface area contributed by atoms with Gasteiger partial charge in [0.25, 0.3) is 10.1 Å². The van der Waals surface area contributed by atoms with E-state index in [4.69, 9.17) is 10.3 Å². The van der Waals surface area contributed by atoms with Crippen LogP contribution < -0.4 is 5.73 Å². The number of rotatable bonds is 4. The van der Waals surface area contributed by atoms with E-state index in [-0.39, 0.29) is 0 Å². The maximum atomic E-state index is 10.7. The van der Waals surface area contributed by atoms with Crippen LogP contribution in [-0.2, 0) is 14.9 Å². The van der Waals surface area contributed by atoms with Crippen molar-refractivity contribution in [1.29, 1.82) is 0 Å². The quantitative estimate of drug-likeness (QED) is 0.424. The molecule has 1 unspecified atom stereocenters. The van der Waals surface area contributed by atoms with Crippen LogP contribution in [0.1, 0.15) is 0 Å². The first-order valence-corrected chi connectivity index (χ1v) is 4.26. The van der Waals surface area contributed by atoms with Gasteiger partial charge in [-0.05, 0) is 6.08 Å².